The first-order valence-corrected chi connectivity index (χ1v) is 10.3. The normalized spacial score (nSPS) is 17.4. The van der Waals surface area contributed by atoms with Gasteiger partial charge in [0.1, 0.15) is 10.6 Å². The molecule has 28 heavy (non-hydrogen) atoms. The highest BCUT2D eigenvalue weighted by molar-refractivity contribution is 7.17. The number of amides is 2. The van der Waals surface area contributed by atoms with E-state index in [-0.39, 0.29) is 11.8 Å². The number of carbonyl (C=O) groups is 2. The number of aryl methyl sites for hydroxylation is 1. The molecule has 7 nitrogen and oxygen atoms in total. The second-order valence-corrected chi connectivity index (χ2v) is 8.01. The van der Waals surface area contributed by atoms with Crippen LogP contribution in [0.5, 0.6) is 5.75 Å². The highest BCUT2D eigenvalue weighted by Crippen LogP contribution is 2.30. The molecule has 0 saturated carbocycles. The minimum atomic E-state index is 0.0160. The first-order chi connectivity index (χ1) is 13.6. The van der Waals surface area contributed by atoms with Crippen molar-refractivity contribution in [3.8, 4) is 5.75 Å². The van der Waals surface area contributed by atoms with E-state index in [9.17, 15) is 9.59 Å². The van der Waals surface area contributed by atoms with E-state index < -0.39 is 0 Å². The van der Waals surface area contributed by atoms with Crippen molar-refractivity contribution in [2.24, 2.45) is 0 Å². The molecule has 0 spiro atoms. The molecule has 2 saturated heterocycles. The van der Waals surface area contributed by atoms with Crippen molar-refractivity contribution in [3.05, 3.63) is 34.8 Å². The van der Waals surface area contributed by atoms with Gasteiger partial charge in [0.25, 0.3) is 5.91 Å². The van der Waals surface area contributed by atoms with Gasteiger partial charge in [-0.1, -0.05) is 11.3 Å². The third-order valence-corrected chi connectivity index (χ3v) is 6.46. The van der Waals surface area contributed by atoms with Gasteiger partial charge in [-0.05, 0) is 37.6 Å². The van der Waals surface area contributed by atoms with Gasteiger partial charge in [-0.15, -0.1) is 0 Å². The number of methoxy groups -OCH3 is 1. The summed E-state index contributed by atoms with van der Waals surface area (Å²) in [7, 11) is 1.66. The van der Waals surface area contributed by atoms with Gasteiger partial charge < -0.3 is 14.5 Å². The van der Waals surface area contributed by atoms with Crippen LogP contribution in [-0.4, -0.2) is 61.5 Å². The van der Waals surface area contributed by atoms with Crippen LogP contribution in [0.25, 0.3) is 0 Å². The molecule has 4 rings (SSSR count). The lowest BCUT2D eigenvalue weighted by Crippen LogP contribution is -2.48. The van der Waals surface area contributed by atoms with Crippen LogP contribution in [-0.2, 0) is 4.79 Å². The SMILES string of the molecule is COc1ccc(N2CCN(C(=O)c3sc(N4CCCC4=O)nc3C)CC2)cc1. The van der Waals surface area contributed by atoms with Crippen LogP contribution in [0.1, 0.15) is 28.2 Å². The van der Waals surface area contributed by atoms with E-state index in [0.717, 1.165) is 30.9 Å². The highest BCUT2D eigenvalue weighted by Gasteiger charge is 2.29. The van der Waals surface area contributed by atoms with Crippen molar-refractivity contribution < 1.29 is 14.3 Å². The second kappa shape index (κ2) is 7.79. The molecule has 0 bridgehead atoms. The molecule has 3 heterocycles. The van der Waals surface area contributed by atoms with E-state index in [4.69, 9.17) is 4.74 Å². The number of piperazine rings is 1. The largest absolute Gasteiger partial charge is 0.497 e. The van der Waals surface area contributed by atoms with Crippen molar-refractivity contribution in [1.29, 1.82) is 0 Å². The van der Waals surface area contributed by atoms with Gasteiger partial charge >= 0.3 is 0 Å². The van der Waals surface area contributed by atoms with Crippen LogP contribution >= 0.6 is 11.3 Å². The lowest BCUT2D eigenvalue weighted by molar-refractivity contribution is -0.117. The monoisotopic (exact) mass is 400 g/mol. The van der Waals surface area contributed by atoms with Crippen LogP contribution in [0.3, 0.4) is 0 Å². The van der Waals surface area contributed by atoms with Crippen molar-refractivity contribution >= 4 is 34.0 Å². The first kappa shape index (κ1) is 18.7. The number of carbonyl (C=O) groups excluding carboxylic acids is 2. The minimum absolute atomic E-state index is 0.0160. The average molecular weight is 401 g/mol. The van der Waals surface area contributed by atoms with E-state index in [1.807, 2.05) is 36.1 Å². The Morgan fingerprint density at radius 3 is 2.43 bits per heavy atom. The van der Waals surface area contributed by atoms with Crippen LogP contribution in [0.4, 0.5) is 10.8 Å². The number of benzene rings is 1. The topological polar surface area (TPSA) is 66.0 Å². The maximum atomic E-state index is 13.0. The Kier molecular flexibility index (Phi) is 5.21. The lowest BCUT2D eigenvalue weighted by atomic mass is 10.2. The van der Waals surface area contributed by atoms with Gasteiger partial charge in [0.2, 0.25) is 5.91 Å². The molecular weight excluding hydrogens is 376 g/mol. The van der Waals surface area contributed by atoms with E-state index in [2.05, 4.69) is 9.88 Å². The summed E-state index contributed by atoms with van der Waals surface area (Å²) in [5.74, 6) is 0.952. The Labute approximate surface area is 168 Å². The van der Waals surface area contributed by atoms with Gasteiger partial charge in [0, 0.05) is 44.8 Å². The van der Waals surface area contributed by atoms with Crippen LogP contribution in [0, 0.1) is 6.92 Å². The predicted molar refractivity (Wildman–Crippen MR) is 110 cm³/mol. The van der Waals surface area contributed by atoms with Gasteiger partial charge in [-0.3, -0.25) is 14.5 Å². The second-order valence-electron chi connectivity index (χ2n) is 7.04. The van der Waals surface area contributed by atoms with E-state index >= 15 is 0 Å². The molecule has 0 unspecified atom stereocenters. The molecule has 0 atom stereocenters. The standard InChI is InChI=1S/C20H24N4O3S/c1-14-18(28-20(21-14)24-9-3-4-17(24)25)19(26)23-12-10-22(11-13-23)15-5-7-16(27-2)8-6-15/h5-8H,3-4,9-13H2,1-2H3. The molecule has 0 radical (unpaired) electrons. The minimum Gasteiger partial charge on any atom is -0.497 e. The Morgan fingerprint density at radius 2 is 1.82 bits per heavy atom. The van der Waals surface area contributed by atoms with Crippen molar-refractivity contribution in [3.63, 3.8) is 0 Å². The molecule has 2 aromatic rings. The van der Waals surface area contributed by atoms with Crippen LogP contribution < -0.4 is 14.5 Å². The molecule has 2 aliphatic heterocycles. The quantitative estimate of drug-likeness (QED) is 0.789. The van der Waals surface area contributed by atoms with Gasteiger partial charge in [0.05, 0.1) is 12.8 Å². The van der Waals surface area contributed by atoms with E-state index in [0.29, 0.717) is 41.8 Å². The number of rotatable bonds is 4. The Morgan fingerprint density at radius 1 is 1.11 bits per heavy atom. The summed E-state index contributed by atoms with van der Waals surface area (Å²) < 4.78 is 5.21. The molecule has 2 fully saturated rings. The Hall–Kier alpha value is -2.61. The summed E-state index contributed by atoms with van der Waals surface area (Å²) in [6.07, 6.45) is 1.42. The fourth-order valence-electron chi connectivity index (χ4n) is 3.65. The third-order valence-electron chi connectivity index (χ3n) is 5.29. The number of aromatic nitrogens is 1. The van der Waals surface area contributed by atoms with Crippen LogP contribution in [0.15, 0.2) is 24.3 Å². The van der Waals surface area contributed by atoms with Crippen LogP contribution in [0.2, 0.25) is 0 Å². The fraction of sp³-hybridized carbons (Fsp3) is 0.450. The number of hydrogen-bond acceptors (Lipinski definition) is 6. The molecule has 0 aliphatic carbocycles. The van der Waals surface area contributed by atoms with E-state index in [1.54, 1.807) is 12.0 Å². The van der Waals surface area contributed by atoms with Gasteiger partial charge in [-0.2, -0.15) is 0 Å². The number of anilines is 2. The molecule has 2 aliphatic rings. The number of thiazole rings is 1. The maximum absolute atomic E-state index is 13.0. The van der Waals surface area contributed by atoms with Crippen molar-refractivity contribution in [1.82, 2.24) is 9.88 Å². The lowest BCUT2D eigenvalue weighted by Gasteiger charge is -2.36. The maximum Gasteiger partial charge on any atom is 0.266 e. The zero-order valence-electron chi connectivity index (χ0n) is 16.2. The van der Waals surface area contributed by atoms with Crippen molar-refractivity contribution in [2.75, 3.05) is 49.6 Å². The van der Waals surface area contributed by atoms with Gasteiger partial charge in [-0.25, -0.2) is 4.98 Å². The first-order valence-electron chi connectivity index (χ1n) is 9.53. The molecule has 0 N–H and O–H groups in total. The number of nitrogens with zero attached hydrogens (tertiary/aromatic N) is 4. The number of ether oxygens (including phenoxy) is 1. The Balaban J connectivity index is 1.41. The Bertz CT molecular complexity index is 872. The predicted octanol–water partition coefficient (Wildman–Crippen LogP) is 2.55. The average Bonchev–Trinajstić information content (AvgIpc) is 3.33. The number of hydrogen-bond donors (Lipinski definition) is 0. The van der Waals surface area contributed by atoms with Gasteiger partial charge in [0.15, 0.2) is 5.13 Å². The molecule has 1 aromatic carbocycles. The van der Waals surface area contributed by atoms with Crippen molar-refractivity contribution in [2.45, 2.75) is 19.8 Å². The molecular formula is C20H24N4O3S. The molecule has 148 valence electrons. The summed E-state index contributed by atoms with van der Waals surface area (Å²) in [6, 6.07) is 8.00. The van der Waals surface area contributed by atoms with E-state index in [1.165, 1.54) is 11.3 Å². The zero-order chi connectivity index (χ0) is 19.7. The summed E-state index contributed by atoms with van der Waals surface area (Å²) in [6.45, 7) is 5.45. The highest BCUT2D eigenvalue weighted by atomic mass is 32.1. The zero-order valence-corrected chi connectivity index (χ0v) is 17.0. The summed E-state index contributed by atoms with van der Waals surface area (Å²) >= 11 is 1.34. The molecule has 2 amide bonds. The summed E-state index contributed by atoms with van der Waals surface area (Å²) in [5, 5.41) is 0.653. The summed E-state index contributed by atoms with van der Waals surface area (Å²) in [5.41, 5.74) is 1.85. The summed E-state index contributed by atoms with van der Waals surface area (Å²) in [4.78, 5) is 36.0. The molecule has 8 heteroatoms. The molecule has 1 aromatic heterocycles. The smallest absolute Gasteiger partial charge is 0.266 e. The third kappa shape index (κ3) is 3.56. The fourth-order valence-corrected chi connectivity index (χ4v) is 4.73.